The van der Waals surface area contributed by atoms with Crippen LogP contribution < -0.4 is 35.4 Å². The molecule has 0 unspecified atom stereocenters. The molecule has 5 aromatic rings. The highest BCUT2D eigenvalue weighted by atomic mass is 32.2. The van der Waals surface area contributed by atoms with E-state index < -0.39 is 59.9 Å². The number of aromatic nitrogens is 2. The van der Waals surface area contributed by atoms with Crippen molar-refractivity contribution in [1.29, 1.82) is 0 Å². The van der Waals surface area contributed by atoms with E-state index in [0.717, 1.165) is 105 Å². The Kier molecular flexibility index (Phi) is 29.7. The van der Waals surface area contributed by atoms with E-state index in [-0.39, 0.29) is 81.8 Å². The highest BCUT2D eigenvalue weighted by molar-refractivity contribution is 7.90. The smallest absolute Gasteiger partial charge is 0.417 e. The maximum Gasteiger partial charge on any atom is 0.417 e. The molecule has 0 bridgehead atoms. The van der Waals surface area contributed by atoms with Crippen LogP contribution >= 0.6 is 22.7 Å². The molecule has 3 saturated carbocycles. The molecule has 0 spiro atoms. The molecule has 5 amide bonds. The lowest BCUT2D eigenvalue weighted by Gasteiger charge is -2.32. The van der Waals surface area contributed by atoms with Crippen LogP contribution in [0.3, 0.4) is 0 Å². The van der Waals surface area contributed by atoms with Gasteiger partial charge in [0.15, 0.2) is 0 Å². The van der Waals surface area contributed by atoms with Crippen LogP contribution in [0, 0.1) is 22.0 Å². The lowest BCUT2D eigenvalue weighted by Crippen LogP contribution is -2.42. The molecule has 3 heterocycles. The lowest BCUT2D eigenvalue weighted by atomic mass is 9.86. The van der Waals surface area contributed by atoms with Crippen LogP contribution in [0.5, 0.6) is 5.75 Å². The van der Waals surface area contributed by atoms with Crippen molar-refractivity contribution in [3.8, 4) is 26.6 Å². The van der Waals surface area contributed by atoms with Crippen LogP contribution in [0.1, 0.15) is 208 Å². The summed E-state index contributed by atoms with van der Waals surface area (Å²) in [5.41, 5.74) is -0.591. The molecule has 0 atom stereocenters. The van der Waals surface area contributed by atoms with Gasteiger partial charge in [-0.05, 0) is 215 Å². The minimum Gasteiger partial charge on any atom is -0.449 e. The van der Waals surface area contributed by atoms with Crippen LogP contribution in [-0.4, -0.2) is 139 Å². The summed E-state index contributed by atoms with van der Waals surface area (Å²) in [4.78, 5) is 83.5. The van der Waals surface area contributed by atoms with Gasteiger partial charge in [-0.1, -0.05) is 31.4 Å². The first-order valence-electron chi connectivity index (χ1n) is 35.3. The molecule has 103 heavy (non-hydrogen) atoms. The van der Waals surface area contributed by atoms with Crippen LogP contribution in [0.25, 0.3) is 20.9 Å². The number of ether oxygens (including phenoxy) is 5. The number of nitro benzene ring substituents is 1. The number of amides is 5. The molecule has 27 nitrogen and oxygen atoms in total. The third-order valence-electron chi connectivity index (χ3n) is 16.9. The predicted molar refractivity (Wildman–Crippen MR) is 397 cm³/mol. The number of hydrogen-bond acceptors (Lipinski definition) is 21. The Labute approximate surface area is 613 Å². The van der Waals surface area contributed by atoms with Crippen molar-refractivity contribution in [3.63, 3.8) is 0 Å². The SMILES string of the molecule is CC(C)(C)OC(=O)N1CCC(CO)CC1.CC(C)OC(=O)NC1CCC(c2ncc(-c3ccc(NC(=O)OCC4CCCCC4)cc3S(=O)(=O)NC(C)(C)C)s2)CC1.CC(C)OC(=O)NC1CCC(c2ncc(-c3ccc(NC(=O)Oc4ccc([N+](=O)[O-])cc4)cc3S(=O)(=O)NC(C)(C)C)s2)CC1. The Hall–Kier alpha value is -7.55. The molecule has 4 fully saturated rings. The molecule has 7 N–H and O–H groups in total. The zero-order chi connectivity index (χ0) is 75.6. The van der Waals surface area contributed by atoms with Gasteiger partial charge in [0.25, 0.3) is 5.69 Å². The number of rotatable bonds is 19. The number of aliphatic hydroxyl groups is 1. The Morgan fingerprint density at radius 3 is 1.43 bits per heavy atom. The van der Waals surface area contributed by atoms with E-state index in [2.05, 4.69) is 40.7 Å². The summed E-state index contributed by atoms with van der Waals surface area (Å²) >= 11 is 2.89. The van der Waals surface area contributed by atoms with Crippen LogP contribution in [0.4, 0.5) is 41.0 Å². The topological polar surface area (TPSA) is 364 Å². The maximum absolute atomic E-state index is 13.6. The van der Waals surface area contributed by atoms with Crippen molar-refractivity contribution >= 4 is 90.2 Å². The second kappa shape index (κ2) is 36.9. The van der Waals surface area contributed by atoms with E-state index in [9.17, 15) is 50.9 Å². The first-order valence-corrected chi connectivity index (χ1v) is 39.9. The quantitative estimate of drug-likeness (QED) is 0.0229. The summed E-state index contributed by atoms with van der Waals surface area (Å²) in [6.45, 7) is 25.4. The average Bonchev–Trinajstić information content (AvgIpc) is 1.77. The number of aliphatic hydroxyl groups excluding tert-OH is 1. The summed E-state index contributed by atoms with van der Waals surface area (Å²) in [7, 11) is -7.99. The van der Waals surface area contributed by atoms with Gasteiger partial charge in [-0.2, -0.15) is 0 Å². The third-order valence-corrected chi connectivity index (χ3v) is 22.9. The zero-order valence-corrected chi connectivity index (χ0v) is 64.6. The molecule has 3 aromatic carbocycles. The van der Waals surface area contributed by atoms with Gasteiger partial charge in [0.1, 0.15) is 11.4 Å². The first-order chi connectivity index (χ1) is 48.3. The Balaban J connectivity index is 0.000000240. The van der Waals surface area contributed by atoms with Crippen molar-refractivity contribution in [2.75, 3.05) is 36.9 Å². The molecule has 4 aliphatic rings. The number of carbonyl (C=O) groups is 5. The molecule has 9 rings (SSSR count). The van der Waals surface area contributed by atoms with E-state index in [1.54, 1.807) is 96.9 Å². The number of thiazole rings is 2. The second-order valence-corrected chi connectivity index (χ2v) is 35.6. The summed E-state index contributed by atoms with van der Waals surface area (Å²) in [6, 6.07) is 14.5. The fraction of sp³-hybridized carbons (Fsp3) is 0.597. The summed E-state index contributed by atoms with van der Waals surface area (Å²) in [5.74, 6) is 1.21. The van der Waals surface area contributed by atoms with Crippen molar-refractivity contribution in [2.24, 2.45) is 11.8 Å². The third kappa shape index (κ3) is 27.1. The van der Waals surface area contributed by atoms with Gasteiger partial charge in [0.2, 0.25) is 20.0 Å². The number of hydrogen-bond donors (Lipinski definition) is 7. The summed E-state index contributed by atoms with van der Waals surface area (Å²) in [6.07, 6.45) is 14.5. The lowest BCUT2D eigenvalue weighted by molar-refractivity contribution is -0.384. The van der Waals surface area contributed by atoms with Gasteiger partial charge in [-0.15, -0.1) is 22.7 Å². The number of nitrogens with zero attached hydrogens (tertiary/aromatic N) is 4. The number of non-ortho nitro benzene ring substituents is 1. The van der Waals surface area contributed by atoms with Crippen molar-refractivity contribution in [1.82, 2.24) is 34.9 Å². The van der Waals surface area contributed by atoms with E-state index in [4.69, 9.17) is 28.8 Å². The number of nitro groups is 1. The van der Waals surface area contributed by atoms with Crippen LogP contribution in [0.15, 0.2) is 82.8 Å². The maximum atomic E-state index is 13.6. The minimum atomic E-state index is -4.05. The van der Waals surface area contributed by atoms with Gasteiger partial charge >= 0.3 is 30.5 Å². The molecule has 1 saturated heterocycles. The normalized spacial score (nSPS) is 18.6. The first kappa shape index (κ1) is 82.7. The van der Waals surface area contributed by atoms with Crippen molar-refractivity contribution in [3.05, 3.63) is 93.2 Å². The number of likely N-dealkylation sites (tertiary alicyclic amines) is 1. The number of alkyl carbamates (subject to hydrolysis) is 2. The highest BCUT2D eigenvalue weighted by Gasteiger charge is 2.33. The van der Waals surface area contributed by atoms with Crippen LogP contribution in [-0.2, 0) is 39.0 Å². The Morgan fingerprint density at radius 1 is 0.592 bits per heavy atom. The number of benzene rings is 3. The molecular formula is C72H104N10O17S4. The monoisotopic (exact) mass is 1510 g/mol. The highest BCUT2D eigenvalue weighted by Crippen LogP contribution is 2.43. The Morgan fingerprint density at radius 2 is 1.03 bits per heavy atom. The fourth-order valence-corrected chi connectivity index (χ4v) is 17.9. The van der Waals surface area contributed by atoms with Crippen LogP contribution in [0.2, 0.25) is 0 Å². The minimum absolute atomic E-state index is 0.0271. The molecule has 568 valence electrons. The van der Waals surface area contributed by atoms with Crippen molar-refractivity contribution < 1.29 is 74.5 Å². The molecule has 0 radical (unpaired) electrons. The largest absolute Gasteiger partial charge is 0.449 e. The zero-order valence-electron chi connectivity index (χ0n) is 61.4. The fourth-order valence-electron chi connectivity index (χ4n) is 12.2. The van der Waals surface area contributed by atoms with E-state index >= 15 is 0 Å². The Bertz CT molecular complexity index is 3890. The molecule has 3 aliphatic carbocycles. The molecule has 31 heteroatoms. The number of sulfonamides is 2. The van der Waals surface area contributed by atoms with Gasteiger partial charge < -0.3 is 44.3 Å². The predicted octanol–water partition coefficient (Wildman–Crippen LogP) is 15.4. The van der Waals surface area contributed by atoms with Gasteiger partial charge in [0.05, 0.1) is 53.3 Å². The van der Waals surface area contributed by atoms with E-state index in [0.29, 0.717) is 53.2 Å². The number of piperidine rings is 1. The molecule has 2 aromatic heterocycles. The number of carbonyl (C=O) groups excluding carboxylic acids is 5. The summed E-state index contributed by atoms with van der Waals surface area (Å²) in [5, 5.41) is 32.8. The average molecular weight is 1510 g/mol. The van der Waals surface area contributed by atoms with E-state index in [1.165, 1.54) is 65.5 Å². The van der Waals surface area contributed by atoms with E-state index in [1.807, 2.05) is 34.6 Å². The van der Waals surface area contributed by atoms with Gasteiger partial charge in [0, 0.05) is 102 Å². The number of anilines is 2. The molecule has 1 aliphatic heterocycles. The standard InChI is InChI=1S/C31H46N4O6S2.C30H37N5O8S2.C11H21NO3/c1-20(2)41-30(37)33-23-13-11-22(12-14-23)28-32-18-26(42-28)25-16-15-24(17-27(25)43(38,39)35-31(3,4)5)34-29(36)40-19-21-9-7-6-8-10-21;1-18(2)42-28(36)32-20-8-6-19(7-9-20)27-31-17-25(44-27)24-15-10-21(16-26(24)45(40,41)34-30(3,4)5)33-29(37)43-23-13-11-22(12-14-23)35(38)39;1-11(2,3)15-10(14)12-6-4-9(8-13)5-7-12/h15-18,20-23,35H,6-14,19H2,1-5H3,(H,33,37)(H,34,36);10-20,34H,6-9H2,1-5H3,(H,32,36)(H,33,37);9,13H,4-8H2,1-3H3. The van der Waals surface area contributed by atoms with Crippen molar-refractivity contribution in [2.45, 2.75) is 249 Å². The van der Waals surface area contributed by atoms with Gasteiger partial charge in [-0.3, -0.25) is 20.7 Å². The summed E-state index contributed by atoms with van der Waals surface area (Å²) < 4.78 is 86.1. The number of nitrogens with one attached hydrogen (secondary N) is 6. The second-order valence-electron chi connectivity index (χ2n) is 30.1. The molecular weight excluding hydrogens is 1410 g/mol. The van der Waals surface area contributed by atoms with Gasteiger partial charge in [-0.25, -0.2) is 60.2 Å².